The summed E-state index contributed by atoms with van der Waals surface area (Å²) in [6.45, 7) is 7.66. The molecular weight excluding hydrogens is 266 g/mol. The molecule has 0 saturated carbocycles. The third-order valence-corrected chi connectivity index (χ3v) is 2.84. The van der Waals surface area contributed by atoms with E-state index in [4.69, 9.17) is 0 Å². The van der Waals surface area contributed by atoms with E-state index in [1.807, 2.05) is 26.0 Å². The van der Waals surface area contributed by atoms with Gasteiger partial charge in [0, 0.05) is 24.3 Å². The Morgan fingerprint density at radius 2 is 1.76 bits per heavy atom. The van der Waals surface area contributed by atoms with E-state index >= 15 is 0 Å². The zero-order valence-electron chi connectivity index (χ0n) is 13.0. The van der Waals surface area contributed by atoms with Crippen molar-refractivity contribution < 1.29 is 9.59 Å². The molecule has 2 amide bonds. The number of rotatable bonds is 8. The molecule has 0 heterocycles. The van der Waals surface area contributed by atoms with Gasteiger partial charge in [-0.15, -0.1) is 0 Å². The van der Waals surface area contributed by atoms with Crippen LogP contribution >= 0.6 is 0 Å². The van der Waals surface area contributed by atoms with Crippen molar-refractivity contribution in [1.82, 2.24) is 10.6 Å². The van der Waals surface area contributed by atoms with Gasteiger partial charge in [-0.05, 0) is 36.6 Å². The van der Waals surface area contributed by atoms with E-state index in [-0.39, 0.29) is 18.4 Å². The van der Waals surface area contributed by atoms with Crippen molar-refractivity contribution in [2.24, 2.45) is 5.92 Å². The summed E-state index contributed by atoms with van der Waals surface area (Å²) >= 11 is 0. The van der Waals surface area contributed by atoms with Crippen LogP contribution in [0.1, 0.15) is 37.6 Å². The molecule has 0 fully saturated rings. The first-order valence-electron chi connectivity index (χ1n) is 7.41. The Labute approximate surface area is 126 Å². The molecule has 0 aliphatic rings. The lowest BCUT2D eigenvalue weighted by atomic mass is 10.2. The smallest absolute Gasteiger partial charge is 0.251 e. The molecule has 0 spiro atoms. The summed E-state index contributed by atoms with van der Waals surface area (Å²) in [6.07, 6.45) is 1.05. The third-order valence-electron chi connectivity index (χ3n) is 2.84. The highest BCUT2D eigenvalue weighted by atomic mass is 16.2. The maximum absolute atomic E-state index is 11.9. The van der Waals surface area contributed by atoms with E-state index in [2.05, 4.69) is 22.9 Å². The standard InChI is InChI=1S/C16H25N3O2/c1-4-9-17-14-7-5-13(6-8-14)16(21)19-11-15(20)18-10-12(2)3/h5-8,12,17H,4,9-11H2,1-3H3,(H,18,20)(H,19,21). The summed E-state index contributed by atoms with van der Waals surface area (Å²) in [5.41, 5.74) is 1.54. The van der Waals surface area contributed by atoms with Crippen molar-refractivity contribution in [3.63, 3.8) is 0 Å². The number of carbonyl (C=O) groups excluding carboxylic acids is 2. The highest BCUT2D eigenvalue weighted by Gasteiger charge is 2.08. The van der Waals surface area contributed by atoms with Crippen molar-refractivity contribution >= 4 is 17.5 Å². The van der Waals surface area contributed by atoms with Crippen LogP contribution in [0.2, 0.25) is 0 Å². The Hall–Kier alpha value is -2.04. The van der Waals surface area contributed by atoms with Gasteiger partial charge >= 0.3 is 0 Å². The van der Waals surface area contributed by atoms with Crippen LogP contribution in [0.4, 0.5) is 5.69 Å². The number of carbonyl (C=O) groups is 2. The Balaban J connectivity index is 2.39. The Bertz CT molecular complexity index is 455. The van der Waals surface area contributed by atoms with Crippen LogP contribution in [0.15, 0.2) is 24.3 Å². The van der Waals surface area contributed by atoms with Gasteiger partial charge in [0.15, 0.2) is 0 Å². The van der Waals surface area contributed by atoms with Gasteiger partial charge in [0.05, 0.1) is 6.54 Å². The maximum atomic E-state index is 11.9. The van der Waals surface area contributed by atoms with Crippen molar-refractivity contribution in [1.29, 1.82) is 0 Å². The van der Waals surface area contributed by atoms with E-state index in [9.17, 15) is 9.59 Å². The minimum Gasteiger partial charge on any atom is -0.385 e. The van der Waals surface area contributed by atoms with Gasteiger partial charge < -0.3 is 16.0 Å². The van der Waals surface area contributed by atoms with E-state index in [0.717, 1.165) is 18.7 Å². The summed E-state index contributed by atoms with van der Waals surface area (Å²) in [7, 11) is 0. The zero-order valence-corrected chi connectivity index (χ0v) is 13.0. The highest BCUT2D eigenvalue weighted by molar-refractivity contribution is 5.96. The number of amides is 2. The Morgan fingerprint density at radius 1 is 1.10 bits per heavy atom. The van der Waals surface area contributed by atoms with E-state index in [1.165, 1.54) is 0 Å². The Morgan fingerprint density at radius 3 is 2.33 bits per heavy atom. The van der Waals surface area contributed by atoms with Crippen LogP contribution < -0.4 is 16.0 Å². The molecule has 1 rings (SSSR count). The predicted octanol–water partition coefficient (Wildman–Crippen LogP) is 2.01. The molecule has 1 aromatic rings. The molecular formula is C16H25N3O2. The summed E-state index contributed by atoms with van der Waals surface area (Å²) in [6, 6.07) is 7.23. The second-order valence-electron chi connectivity index (χ2n) is 5.38. The van der Waals surface area contributed by atoms with Crippen molar-refractivity contribution in [2.75, 3.05) is 25.0 Å². The fourth-order valence-electron chi connectivity index (χ4n) is 1.65. The molecule has 0 aliphatic heterocycles. The molecule has 0 aliphatic carbocycles. The number of hydrogen-bond acceptors (Lipinski definition) is 3. The minimum absolute atomic E-state index is 0.00138. The average Bonchev–Trinajstić information content (AvgIpc) is 2.49. The molecule has 0 aromatic heterocycles. The topological polar surface area (TPSA) is 70.2 Å². The summed E-state index contributed by atoms with van der Waals surface area (Å²) in [5, 5.41) is 8.61. The van der Waals surface area contributed by atoms with E-state index < -0.39 is 0 Å². The fraction of sp³-hybridized carbons (Fsp3) is 0.500. The molecule has 116 valence electrons. The van der Waals surface area contributed by atoms with Crippen LogP contribution in [0.3, 0.4) is 0 Å². The number of hydrogen-bond donors (Lipinski definition) is 3. The molecule has 5 heteroatoms. The first-order valence-corrected chi connectivity index (χ1v) is 7.41. The SMILES string of the molecule is CCCNc1ccc(C(=O)NCC(=O)NCC(C)C)cc1. The van der Waals surface area contributed by atoms with Crippen LogP contribution in [0.25, 0.3) is 0 Å². The van der Waals surface area contributed by atoms with Gasteiger partial charge in [-0.1, -0.05) is 20.8 Å². The van der Waals surface area contributed by atoms with Gasteiger partial charge in [-0.3, -0.25) is 9.59 Å². The van der Waals surface area contributed by atoms with Crippen molar-refractivity contribution in [3.05, 3.63) is 29.8 Å². The monoisotopic (exact) mass is 291 g/mol. The number of benzene rings is 1. The molecule has 0 saturated heterocycles. The minimum atomic E-state index is -0.239. The normalized spacial score (nSPS) is 10.3. The third kappa shape index (κ3) is 6.79. The number of nitrogens with one attached hydrogen (secondary N) is 3. The molecule has 21 heavy (non-hydrogen) atoms. The second kappa shape index (κ2) is 9.00. The second-order valence-corrected chi connectivity index (χ2v) is 5.38. The largest absolute Gasteiger partial charge is 0.385 e. The van der Waals surface area contributed by atoms with Gasteiger partial charge in [0.25, 0.3) is 5.91 Å². The van der Waals surface area contributed by atoms with E-state index in [1.54, 1.807) is 12.1 Å². The van der Waals surface area contributed by atoms with Gasteiger partial charge in [-0.2, -0.15) is 0 Å². The first-order chi connectivity index (χ1) is 10.0. The van der Waals surface area contributed by atoms with Gasteiger partial charge in [-0.25, -0.2) is 0 Å². The van der Waals surface area contributed by atoms with Crippen molar-refractivity contribution in [3.8, 4) is 0 Å². The fourth-order valence-corrected chi connectivity index (χ4v) is 1.65. The number of anilines is 1. The predicted molar refractivity (Wildman–Crippen MR) is 85.4 cm³/mol. The summed E-state index contributed by atoms with van der Waals surface area (Å²) in [4.78, 5) is 23.4. The molecule has 0 bridgehead atoms. The molecule has 0 radical (unpaired) electrons. The lowest BCUT2D eigenvalue weighted by Crippen LogP contribution is -2.38. The highest BCUT2D eigenvalue weighted by Crippen LogP contribution is 2.09. The molecule has 3 N–H and O–H groups in total. The van der Waals surface area contributed by atoms with Crippen LogP contribution in [0, 0.1) is 5.92 Å². The van der Waals surface area contributed by atoms with Crippen LogP contribution in [0.5, 0.6) is 0 Å². The van der Waals surface area contributed by atoms with Crippen LogP contribution in [-0.2, 0) is 4.79 Å². The molecule has 0 unspecified atom stereocenters. The Kier molecular flexibility index (Phi) is 7.29. The lowest BCUT2D eigenvalue weighted by Gasteiger charge is -2.09. The molecule has 0 atom stereocenters. The zero-order chi connectivity index (χ0) is 15.7. The quantitative estimate of drug-likeness (QED) is 0.686. The molecule has 1 aromatic carbocycles. The first kappa shape index (κ1) is 17.0. The molecule has 5 nitrogen and oxygen atoms in total. The lowest BCUT2D eigenvalue weighted by molar-refractivity contribution is -0.120. The maximum Gasteiger partial charge on any atom is 0.251 e. The average molecular weight is 291 g/mol. The van der Waals surface area contributed by atoms with E-state index in [0.29, 0.717) is 18.0 Å². The summed E-state index contributed by atoms with van der Waals surface area (Å²) < 4.78 is 0. The van der Waals surface area contributed by atoms with Gasteiger partial charge in [0.2, 0.25) is 5.91 Å². The van der Waals surface area contributed by atoms with Crippen molar-refractivity contribution in [2.45, 2.75) is 27.2 Å². The van der Waals surface area contributed by atoms with Crippen LogP contribution in [-0.4, -0.2) is 31.4 Å². The van der Waals surface area contributed by atoms with Gasteiger partial charge in [0.1, 0.15) is 0 Å². The summed E-state index contributed by atoms with van der Waals surface area (Å²) in [5.74, 6) is -0.0113.